The lowest BCUT2D eigenvalue weighted by atomic mass is 9.91. The number of amides is 1. The van der Waals surface area contributed by atoms with Crippen molar-refractivity contribution in [3.63, 3.8) is 0 Å². The number of piperidine rings is 1. The van der Waals surface area contributed by atoms with Gasteiger partial charge in [0.25, 0.3) is 0 Å². The Bertz CT molecular complexity index is 466. The Kier molecular flexibility index (Phi) is 4.19. The monoisotopic (exact) mass is 273 g/mol. The smallest absolute Gasteiger partial charge is 0.226 e. The molecule has 1 amide bonds. The molecule has 1 aromatic heterocycles. The van der Waals surface area contributed by atoms with Gasteiger partial charge in [0.15, 0.2) is 0 Å². The molecule has 2 heterocycles. The molecule has 0 aromatic carbocycles. The first-order valence-corrected chi connectivity index (χ1v) is 7.77. The molecular weight excluding hydrogens is 250 g/mol. The van der Waals surface area contributed by atoms with Crippen molar-refractivity contribution >= 4 is 5.91 Å². The average Bonchev–Trinajstić information content (AvgIpc) is 3.01. The van der Waals surface area contributed by atoms with Crippen molar-refractivity contribution in [3.8, 4) is 0 Å². The average molecular weight is 273 g/mol. The number of allylic oxidation sites excluding steroid dienone is 2. The zero-order valence-electron chi connectivity index (χ0n) is 11.9. The van der Waals surface area contributed by atoms with Crippen LogP contribution < -0.4 is 0 Å². The van der Waals surface area contributed by atoms with E-state index < -0.39 is 0 Å². The van der Waals surface area contributed by atoms with E-state index in [-0.39, 0.29) is 5.92 Å². The van der Waals surface area contributed by atoms with Gasteiger partial charge in [-0.1, -0.05) is 12.2 Å². The minimum Gasteiger partial charge on any atom is -0.338 e. The van der Waals surface area contributed by atoms with Gasteiger partial charge in [0.1, 0.15) is 0 Å². The summed E-state index contributed by atoms with van der Waals surface area (Å²) in [5, 5.41) is 4.28. The SMILES string of the molecule is O=C([C@H]1CC=CCC1)N1CCCC[C@H]1Cn1cccn1. The van der Waals surface area contributed by atoms with Gasteiger partial charge in [0.05, 0.1) is 12.6 Å². The molecule has 0 N–H and O–H groups in total. The molecule has 2 aliphatic rings. The number of carbonyl (C=O) groups is 1. The third-order valence-corrected chi connectivity index (χ3v) is 4.49. The van der Waals surface area contributed by atoms with Crippen LogP contribution in [0, 0.1) is 5.92 Å². The van der Waals surface area contributed by atoms with Gasteiger partial charge in [-0.25, -0.2) is 0 Å². The molecule has 3 rings (SSSR count). The Morgan fingerprint density at radius 2 is 2.20 bits per heavy atom. The highest BCUT2D eigenvalue weighted by atomic mass is 16.2. The Hall–Kier alpha value is -1.58. The zero-order valence-corrected chi connectivity index (χ0v) is 11.9. The van der Waals surface area contributed by atoms with Crippen LogP contribution >= 0.6 is 0 Å². The predicted molar refractivity (Wildman–Crippen MR) is 78.1 cm³/mol. The minimum atomic E-state index is 0.207. The molecule has 0 unspecified atom stereocenters. The second-order valence-corrected chi connectivity index (χ2v) is 5.89. The second-order valence-electron chi connectivity index (χ2n) is 5.89. The summed E-state index contributed by atoms with van der Waals surface area (Å²) >= 11 is 0. The van der Waals surface area contributed by atoms with E-state index in [0.717, 1.165) is 45.2 Å². The molecule has 1 aliphatic heterocycles. The Labute approximate surface area is 120 Å². The van der Waals surface area contributed by atoms with Crippen LogP contribution in [0.3, 0.4) is 0 Å². The summed E-state index contributed by atoms with van der Waals surface area (Å²) < 4.78 is 1.96. The lowest BCUT2D eigenvalue weighted by molar-refractivity contribution is -0.140. The highest BCUT2D eigenvalue weighted by Crippen LogP contribution is 2.26. The molecule has 1 fully saturated rings. The number of carbonyl (C=O) groups excluding carboxylic acids is 1. The number of rotatable bonds is 3. The zero-order chi connectivity index (χ0) is 13.8. The van der Waals surface area contributed by atoms with Gasteiger partial charge >= 0.3 is 0 Å². The molecule has 20 heavy (non-hydrogen) atoms. The van der Waals surface area contributed by atoms with Crippen molar-refractivity contribution in [2.45, 2.75) is 51.1 Å². The number of likely N-dealkylation sites (tertiary alicyclic amines) is 1. The summed E-state index contributed by atoms with van der Waals surface area (Å²) in [5.74, 6) is 0.574. The maximum Gasteiger partial charge on any atom is 0.226 e. The molecule has 108 valence electrons. The van der Waals surface area contributed by atoms with E-state index in [1.807, 2.05) is 16.9 Å². The standard InChI is InChI=1S/C16H23N3O/c20-16(14-7-2-1-3-8-14)19-12-5-4-9-15(19)13-18-11-6-10-17-18/h1-2,6,10-11,14-15H,3-5,7-9,12-13H2/t14-,15-/m0/s1. The van der Waals surface area contributed by atoms with Crippen LogP contribution in [0.25, 0.3) is 0 Å². The lowest BCUT2D eigenvalue weighted by Crippen LogP contribution is -2.48. The molecule has 0 bridgehead atoms. The minimum absolute atomic E-state index is 0.207. The summed E-state index contributed by atoms with van der Waals surface area (Å²) in [6, 6.07) is 2.27. The lowest BCUT2D eigenvalue weighted by Gasteiger charge is -2.38. The molecular formula is C16H23N3O. The molecule has 4 heteroatoms. The summed E-state index contributed by atoms with van der Waals surface area (Å²) in [5.41, 5.74) is 0. The van der Waals surface area contributed by atoms with Gasteiger partial charge in [0.2, 0.25) is 5.91 Å². The quantitative estimate of drug-likeness (QED) is 0.794. The van der Waals surface area contributed by atoms with E-state index in [9.17, 15) is 4.79 Å². The van der Waals surface area contributed by atoms with Crippen molar-refractivity contribution in [2.24, 2.45) is 5.92 Å². The number of nitrogens with zero attached hydrogens (tertiary/aromatic N) is 3. The normalized spacial score (nSPS) is 26.7. The maximum absolute atomic E-state index is 12.8. The summed E-state index contributed by atoms with van der Waals surface area (Å²) in [6.07, 6.45) is 14.6. The summed E-state index contributed by atoms with van der Waals surface area (Å²) in [6.45, 7) is 1.76. The number of aromatic nitrogens is 2. The van der Waals surface area contributed by atoms with Crippen LogP contribution in [0.5, 0.6) is 0 Å². The molecule has 4 nitrogen and oxygen atoms in total. The van der Waals surface area contributed by atoms with Crippen molar-refractivity contribution in [1.29, 1.82) is 0 Å². The fourth-order valence-corrected chi connectivity index (χ4v) is 3.36. The van der Waals surface area contributed by atoms with Crippen LogP contribution in [-0.2, 0) is 11.3 Å². The molecule has 0 saturated carbocycles. The number of hydrogen-bond donors (Lipinski definition) is 0. The summed E-state index contributed by atoms with van der Waals surface area (Å²) in [7, 11) is 0. The van der Waals surface area contributed by atoms with Crippen LogP contribution in [0.1, 0.15) is 38.5 Å². The van der Waals surface area contributed by atoms with Gasteiger partial charge in [-0.2, -0.15) is 5.10 Å². The first-order chi connectivity index (χ1) is 9.84. The highest BCUT2D eigenvalue weighted by Gasteiger charge is 2.31. The van der Waals surface area contributed by atoms with E-state index in [0.29, 0.717) is 11.9 Å². The van der Waals surface area contributed by atoms with E-state index in [1.165, 1.54) is 6.42 Å². The molecule has 0 radical (unpaired) electrons. The van der Waals surface area contributed by atoms with Gasteiger partial charge in [-0.05, 0) is 44.6 Å². The molecule has 2 atom stereocenters. The van der Waals surface area contributed by atoms with E-state index >= 15 is 0 Å². The van der Waals surface area contributed by atoms with E-state index in [2.05, 4.69) is 22.2 Å². The van der Waals surface area contributed by atoms with E-state index in [1.54, 1.807) is 6.20 Å². The highest BCUT2D eigenvalue weighted by molar-refractivity contribution is 5.79. The van der Waals surface area contributed by atoms with Crippen LogP contribution in [0.15, 0.2) is 30.6 Å². The molecule has 1 aromatic rings. The first kappa shape index (κ1) is 13.4. The van der Waals surface area contributed by atoms with Crippen molar-refractivity contribution in [3.05, 3.63) is 30.6 Å². The van der Waals surface area contributed by atoms with Crippen molar-refractivity contribution in [2.75, 3.05) is 6.54 Å². The van der Waals surface area contributed by atoms with Gasteiger partial charge < -0.3 is 4.90 Å². The fraction of sp³-hybridized carbons (Fsp3) is 0.625. The van der Waals surface area contributed by atoms with Crippen LogP contribution in [0.4, 0.5) is 0 Å². The van der Waals surface area contributed by atoms with Gasteiger partial charge in [-0.3, -0.25) is 9.48 Å². The summed E-state index contributed by atoms with van der Waals surface area (Å²) in [4.78, 5) is 14.9. The largest absolute Gasteiger partial charge is 0.338 e. The van der Waals surface area contributed by atoms with Gasteiger partial charge in [0, 0.05) is 24.9 Å². The number of hydrogen-bond acceptors (Lipinski definition) is 2. The fourth-order valence-electron chi connectivity index (χ4n) is 3.36. The van der Waals surface area contributed by atoms with Gasteiger partial charge in [-0.15, -0.1) is 0 Å². The predicted octanol–water partition coefficient (Wildman–Crippen LogP) is 2.62. The Balaban J connectivity index is 1.68. The Morgan fingerprint density at radius 3 is 2.95 bits per heavy atom. The van der Waals surface area contributed by atoms with Crippen molar-refractivity contribution < 1.29 is 4.79 Å². The van der Waals surface area contributed by atoms with Crippen molar-refractivity contribution in [1.82, 2.24) is 14.7 Å². The Morgan fingerprint density at radius 1 is 1.25 bits per heavy atom. The van der Waals surface area contributed by atoms with E-state index in [4.69, 9.17) is 0 Å². The van der Waals surface area contributed by atoms with Crippen LogP contribution in [0.2, 0.25) is 0 Å². The third-order valence-electron chi connectivity index (χ3n) is 4.49. The maximum atomic E-state index is 12.8. The molecule has 1 aliphatic carbocycles. The second kappa shape index (κ2) is 6.25. The molecule has 1 saturated heterocycles. The third kappa shape index (κ3) is 2.94. The topological polar surface area (TPSA) is 38.1 Å². The molecule has 0 spiro atoms. The van der Waals surface area contributed by atoms with Crippen LogP contribution in [-0.4, -0.2) is 33.2 Å². The first-order valence-electron chi connectivity index (χ1n) is 7.77.